The van der Waals surface area contributed by atoms with Crippen LogP contribution in [0.3, 0.4) is 0 Å². The summed E-state index contributed by atoms with van der Waals surface area (Å²) in [5.74, 6) is 0. The third-order valence-corrected chi connectivity index (χ3v) is 2.93. The van der Waals surface area contributed by atoms with Gasteiger partial charge in [-0.3, -0.25) is 0 Å². The summed E-state index contributed by atoms with van der Waals surface area (Å²) >= 11 is 0. The summed E-state index contributed by atoms with van der Waals surface area (Å²) in [6, 6.07) is 7.59. The van der Waals surface area contributed by atoms with Gasteiger partial charge in [0.25, 0.3) is 0 Å². The lowest BCUT2D eigenvalue weighted by Gasteiger charge is -2.11. The summed E-state index contributed by atoms with van der Waals surface area (Å²) in [5, 5.41) is 3.54. The van der Waals surface area contributed by atoms with Gasteiger partial charge in [-0.15, -0.1) is 0 Å². The van der Waals surface area contributed by atoms with E-state index in [1.807, 2.05) is 0 Å². The molecule has 1 fully saturated rings. The fourth-order valence-electron chi connectivity index (χ4n) is 2.40. The Hall–Kier alpha value is -0.820. The quantitative estimate of drug-likeness (QED) is 0.754. The van der Waals surface area contributed by atoms with Crippen molar-refractivity contribution < 1.29 is 0 Å². The van der Waals surface area contributed by atoms with Crippen LogP contribution in [0.25, 0.3) is 0 Å². The highest BCUT2D eigenvalue weighted by Gasteiger charge is 2.14. The highest BCUT2D eigenvalue weighted by atomic mass is 14.9. The average molecular weight is 189 g/mol. The molecule has 0 aromatic heterocycles. The van der Waals surface area contributed by atoms with Gasteiger partial charge >= 0.3 is 0 Å². The van der Waals surface area contributed by atoms with E-state index in [2.05, 4.69) is 37.4 Å². The molecule has 76 valence electrons. The van der Waals surface area contributed by atoms with Gasteiger partial charge in [-0.1, -0.05) is 29.3 Å². The van der Waals surface area contributed by atoms with E-state index >= 15 is 0 Å². The minimum absolute atomic E-state index is 0.719. The van der Waals surface area contributed by atoms with Crippen LogP contribution in [0, 0.1) is 13.8 Å². The Morgan fingerprint density at radius 3 is 2.50 bits per heavy atom. The first-order valence-corrected chi connectivity index (χ1v) is 5.54. The molecule has 0 unspecified atom stereocenters. The maximum atomic E-state index is 3.54. The third kappa shape index (κ3) is 2.36. The van der Waals surface area contributed by atoms with Gasteiger partial charge in [-0.25, -0.2) is 0 Å². The second-order valence-electron chi connectivity index (χ2n) is 4.49. The molecule has 0 spiro atoms. The number of benzene rings is 1. The lowest BCUT2D eigenvalue weighted by atomic mass is 10.0. The Labute approximate surface area is 86.5 Å². The molecule has 1 aliphatic rings. The zero-order chi connectivity index (χ0) is 9.97. The number of nitrogens with one attached hydrogen (secondary N) is 1. The summed E-state index contributed by atoms with van der Waals surface area (Å²) in [6.45, 7) is 5.56. The van der Waals surface area contributed by atoms with Crippen LogP contribution in [0.4, 0.5) is 0 Å². The fraction of sp³-hybridized carbons (Fsp3) is 0.538. The SMILES string of the molecule is Cc1cc(C)cc(C[C@@H]2CCCN2)c1. The van der Waals surface area contributed by atoms with E-state index in [-0.39, 0.29) is 0 Å². The molecule has 2 rings (SSSR count). The molecule has 1 aromatic carbocycles. The predicted molar refractivity (Wildman–Crippen MR) is 60.6 cm³/mol. The molecule has 1 aliphatic heterocycles. The van der Waals surface area contributed by atoms with Crippen molar-refractivity contribution in [2.24, 2.45) is 0 Å². The van der Waals surface area contributed by atoms with Crippen LogP contribution >= 0.6 is 0 Å². The molecule has 0 aliphatic carbocycles. The molecule has 1 saturated heterocycles. The minimum atomic E-state index is 0.719. The van der Waals surface area contributed by atoms with Crippen LogP contribution in [0.15, 0.2) is 18.2 Å². The molecule has 1 nitrogen and oxygen atoms in total. The van der Waals surface area contributed by atoms with Crippen LogP contribution < -0.4 is 5.32 Å². The molecule has 1 heteroatoms. The van der Waals surface area contributed by atoms with E-state index < -0.39 is 0 Å². The van der Waals surface area contributed by atoms with Crippen molar-refractivity contribution >= 4 is 0 Å². The maximum absolute atomic E-state index is 3.54. The summed E-state index contributed by atoms with van der Waals surface area (Å²) in [6.07, 6.45) is 3.88. The van der Waals surface area contributed by atoms with Crippen LogP contribution in [0.1, 0.15) is 29.5 Å². The highest BCUT2D eigenvalue weighted by molar-refractivity contribution is 5.29. The maximum Gasteiger partial charge on any atom is 0.0108 e. The van der Waals surface area contributed by atoms with E-state index in [4.69, 9.17) is 0 Å². The van der Waals surface area contributed by atoms with Crippen molar-refractivity contribution in [3.8, 4) is 0 Å². The van der Waals surface area contributed by atoms with Crippen molar-refractivity contribution in [3.63, 3.8) is 0 Å². The second-order valence-corrected chi connectivity index (χ2v) is 4.49. The molecule has 0 bridgehead atoms. The molecular weight excluding hydrogens is 170 g/mol. The first kappa shape index (κ1) is 9.72. The molecule has 14 heavy (non-hydrogen) atoms. The summed E-state index contributed by atoms with van der Waals surface area (Å²) in [5.41, 5.74) is 4.26. The summed E-state index contributed by atoms with van der Waals surface area (Å²) in [4.78, 5) is 0. The van der Waals surface area contributed by atoms with Crippen molar-refractivity contribution in [2.75, 3.05) is 6.54 Å². The van der Waals surface area contributed by atoms with Gasteiger partial charge in [0.05, 0.1) is 0 Å². The van der Waals surface area contributed by atoms with E-state index in [1.165, 1.54) is 42.5 Å². The van der Waals surface area contributed by atoms with E-state index in [0.717, 1.165) is 6.04 Å². The van der Waals surface area contributed by atoms with Crippen molar-refractivity contribution in [1.29, 1.82) is 0 Å². The van der Waals surface area contributed by atoms with E-state index in [0.29, 0.717) is 0 Å². The van der Waals surface area contributed by atoms with Gasteiger partial charge < -0.3 is 5.32 Å². The third-order valence-electron chi connectivity index (χ3n) is 2.93. The molecule has 0 saturated carbocycles. The number of rotatable bonds is 2. The minimum Gasteiger partial charge on any atom is -0.314 e. The molecule has 1 atom stereocenters. The monoisotopic (exact) mass is 189 g/mol. The largest absolute Gasteiger partial charge is 0.314 e. The number of hydrogen-bond acceptors (Lipinski definition) is 1. The zero-order valence-electron chi connectivity index (χ0n) is 9.14. The van der Waals surface area contributed by atoms with Crippen LogP contribution in [0.2, 0.25) is 0 Å². The van der Waals surface area contributed by atoms with Gasteiger partial charge in [-0.05, 0) is 45.2 Å². The van der Waals surface area contributed by atoms with Crippen LogP contribution in [-0.2, 0) is 6.42 Å². The first-order chi connectivity index (χ1) is 6.74. The van der Waals surface area contributed by atoms with Crippen molar-refractivity contribution in [3.05, 3.63) is 34.9 Å². The van der Waals surface area contributed by atoms with Gasteiger partial charge in [0.2, 0.25) is 0 Å². The zero-order valence-corrected chi connectivity index (χ0v) is 9.14. The number of hydrogen-bond donors (Lipinski definition) is 1. The van der Waals surface area contributed by atoms with Gasteiger partial charge in [0, 0.05) is 6.04 Å². The van der Waals surface area contributed by atoms with E-state index in [9.17, 15) is 0 Å². The molecule has 1 heterocycles. The first-order valence-electron chi connectivity index (χ1n) is 5.54. The topological polar surface area (TPSA) is 12.0 Å². The van der Waals surface area contributed by atoms with E-state index in [1.54, 1.807) is 0 Å². The van der Waals surface area contributed by atoms with Crippen LogP contribution in [-0.4, -0.2) is 12.6 Å². The summed E-state index contributed by atoms with van der Waals surface area (Å²) < 4.78 is 0. The predicted octanol–water partition coefficient (Wildman–Crippen LogP) is 2.60. The average Bonchev–Trinajstić information content (AvgIpc) is 2.54. The lowest BCUT2D eigenvalue weighted by Crippen LogP contribution is -2.23. The van der Waals surface area contributed by atoms with Gasteiger partial charge in [0.1, 0.15) is 0 Å². The summed E-state index contributed by atoms with van der Waals surface area (Å²) in [7, 11) is 0. The Morgan fingerprint density at radius 2 is 1.93 bits per heavy atom. The molecule has 1 aromatic rings. The fourth-order valence-corrected chi connectivity index (χ4v) is 2.40. The second kappa shape index (κ2) is 4.14. The van der Waals surface area contributed by atoms with Crippen LogP contribution in [0.5, 0.6) is 0 Å². The Morgan fingerprint density at radius 1 is 1.21 bits per heavy atom. The van der Waals surface area contributed by atoms with Crippen molar-refractivity contribution in [1.82, 2.24) is 5.32 Å². The van der Waals surface area contributed by atoms with Gasteiger partial charge in [-0.2, -0.15) is 0 Å². The Balaban J connectivity index is 2.07. The number of aryl methyl sites for hydroxylation is 2. The molecule has 0 radical (unpaired) electrons. The molecule has 1 N–H and O–H groups in total. The molecule has 0 amide bonds. The normalized spacial score (nSPS) is 21.4. The standard InChI is InChI=1S/C13H19N/c1-10-6-11(2)8-12(7-10)9-13-4-3-5-14-13/h6-8,13-14H,3-5,9H2,1-2H3/t13-/m0/s1. The molecular formula is C13H19N. The Kier molecular flexibility index (Phi) is 2.87. The lowest BCUT2D eigenvalue weighted by molar-refractivity contribution is 0.603. The van der Waals surface area contributed by atoms with Gasteiger partial charge in [0.15, 0.2) is 0 Å². The highest BCUT2D eigenvalue weighted by Crippen LogP contribution is 2.15. The Bertz CT molecular complexity index is 291. The van der Waals surface area contributed by atoms with Crippen molar-refractivity contribution in [2.45, 2.75) is 39.2 Å². The smallest absolute Gasteiger partial charge is 0.0108 e.